The van der Waals surface area contributed by atoms with Crippen molar-refractivity contribution in [1.82, 2.24) is 4.98 Å². The Morgan fingerprint density at radius 3 is 2.52 bits per heavy atom. The average Bonchev–Trinajstić information content (AvgIpc) is 3.18. The van der Waals surface area contributed by atoms with Gasteiger partial charge < -0.3 is 15.4 Å². The van der Waals surface area contributed by atoms with Gasteiger partial charge in [0.05, 0.1) is 11.9 Å². The van der Waals surface area contributed by atoms with E-state index in [2.05, 4.69) is 47.7 Å². The number of hydrogen-bond donors (Lipinski definition) is 2. The van der Waals surface area contributed by atoms with E-state index in [9.17, 15) is 4.79 Å². The predicted molar refractivity (Wildman–Crippen MR) is 100 cm³/mol. The molecule has 0 radical (unpaired) electrons. The van der Waals surface area contributed by atoms with Gasteiger partial charge in [0.25, 0.3) is 5.91 Å². The number of aryl methyl sites for hydroxylation is 2. The molecule has 5 heteroatoms. The van der Waals surface area contributed by atoms with E-state index in [0.29, 0.717) is 12.3 Å². The zero-order chi connectivity index (χ0) is 17.6. The summed E-state index contributed by atoms with van der Waals surface area (Å²) < 4.78 is 5.40. The Balaban J connectivity index is 1.70. The number of para-hydroxylation sites is 1. The van der Waals surface area contributed by atoms with Crippen LogP contribution >= 0.6 is 0 Å². The molecule has 2 aromatic rings. The van der Waals surface area contributed by atoms with Crippen molar-refractivity contribution in [3.63, 3.8) is 0 Å². The van der Waals surface area contributed by atoms with Crippen molar-refractivity contribution in [1.29, 1.82) is 0 Å². The lowest BCUT2D eigenvalue weighted by Gasteiger charge is -2.15. The number of carbonyl (C=O) groups is 1. The van der Waals surface area contributed by atoms with Gasteiger partial charge in [-0.15, -0.1) is 0 Å². The third-order valence-electron chi connectivity index (χ3n) is 4.51. The van der Waals surface area contributed by atoms with Gasteiger partial charge in [-0.05, 0) is 48.9 Å². The monoisotopic (exact) mass is 339 g/mol. The quantitative estimate of drug-likeness (QED) is 0.833. The van der Waals surface area contributed by atoms with E-state index in [-0.39, 0.29) is 12.0 Å². The molecule has 0 spiro atoms. The van der Waals surface area contributed by atoms with E-state index >= 15 is 0 Å². The highest BCUT2D eigenvalue weighted by Crippen LogP contribution is 2.26. The summed E-state index contributed by atoms with van der Waals surface area (Å²) in [5.74, 6) is 0.676. The summed E-state index contributed by atoms with van der Waals surface area (Å²) in [6, 6.07) is 10.1. The van der Waals surface area contributed by atoms with Crippen LogP contribution in [0, 0.1) is 0 Å². The molecule has 0 saturated carbocycles. The first kappa shape index (κ1) is 17.4. The molecule has 1 unspecified atom stereocenters. The Kier molecular flexibility index (Phi) is 5.66. The third kappa shape index (κ3) is 4.17. The molecule has 1 aliphatic rings. The number of hydrogen-bond acceptors (Lipinski definition) is 4. The van der Waals surface area contributed by atoms with Crippen molar-refractivity contribution in [2.45, 2.75) is 45.6 Å². The maximum atomic E-state index is 12.1. The van der Waals surface area contributed by atoms with Crippen LogP contribution in [0.1, 0.15) is 37.8 Å². The summed E-state index contributed by atoms with van der Waals surface area (Å²) in [6.45, 7) is 4.96. The summed E-state index contributed by atoms with van der Waals surface area (Å²) in [4.78, 5) is 16.5. The molecule has 0 aliphatic carbocycles. The fourth-order valence-electron chi connectivity index (χ4n) is 3.08. The Hall–Kier alpha value is -2.40. The molecular formula is C20H25N3O2. The molecule has 1 fully saturated rings. The second-order valence-corrected chi connectivity index (χ2v) is 6.21. The number of rotatable bonds is 6. The number of pyridine rings is 1. The first-order valence-corrected chi connectivity index (χ1v) is 8.97. The first-order valence-electron chi connectivity index (χ1n) is 8.97. The van der Waals surface area contributed by atoms with E-state index in [0.717, 1.165) is 37.2 Å². The smallest absolute Gasteiger partial charge is 0.253 e. The van der Waals surface area contributed by atoms with Crippen molar-refractivity contribution in [2.75, 3.05) is 17.2 Å². The van der Waals surface area contributed by atoms with Crippen LogP contribution in [0.5, 0.6) is 0 Å². The number of amides is 1. The van der Waals surface area contributed by atoms with Crippen LogP contribution < -0.4 is 10.6 Å². The molecule has 3 rings (SSSR count). The topological polar surface area (TPSA) is 63.2 Å². The maximum absolute atomic E-state index is 12.1. The van der Waals surface area contributed by atoms with Crippen molar-refractivity contribution in [3.8, 4) is 0 Å². The molecule has 5 nitrogen and oxygen atoms in total. The molecule has 1 aromatic carbocycles. The van der Waals surface area contributed by atoms with Crippen LogP contribution in [-0.2, 0) is 22.4 Å². The molecule has 0 bridgehead atoms. The molecule has 25 heavy (non-hydrogen) atoms. The summed E-state index contributed by atoms with van der Waals surface area (Å²) in [5.41, 5.74) is 4.37. The predicted octanol–water partition coefficient (Wildman–Crippen LogP) is 4.07. The first-order chi connectivity index (χ1) is 12.2. The number of aromatic nitrogens is 1. The number of nitrogens with one attached hydrogen (secondary N) is 2. The lowest BCUT2D eigenvalue weighted by molar-refractivity contribution is -0.124. The summed E-state index contributed by atoms with van der Waals surface area (Å²) in [6.07, 6.45) is 5.00. The van der Waals surface area contributed by atoms with E-state index in [4.69, 9.17) is 4.74 Å². The average molecular weight is 339 g/mol. The number of benzene rings is 1. The third-order valence-corrected chi connectivity index (χ3v) is 4.51. The Morgan fingerprint density at radius 1 is 1.20 bits per heavy atom. The normalized spacial score (nSPS) is 16.6. The Labute approximate surface area is 148 Å². The van der Waals surface area contributed by atoms with Crippen LogP contribution in [0.3, 0.4) is 0 Å². The summed E-state index contributed by atoms with van der Waals surface area (Å²) in [5, 5.41) is 6.30. The largest absolute Gasteiger partial charge is 0.368 e. The van der Waals surface area contributed by atoms with Gasteiger partial charge in [0.15, 0.2) is 0 Å². The molecule has 2 heterocycles. The second-order valence-electron chi connectivity index (χ2n) is 6.21. The number of nitrogens with zero attached hydrogens (tertiary/aromatic N) is 1. The second kappa shape index (κ2) is 8.12. The van der Waals surface area contributed by atoms with Crippen LogP contribution in [0.15, 0.2) is 36.5 Å². The maximum Gasteiger partial charge on any atom is 0.253 e. The SMILES string of the molecule is CCc1cccc(CC)c1Nc1ccc(NC(=O)C2CCCO2)cn1. The van der Waals surface area contributed by atoms with Crippen LogP contribution in [-0.4, -0.2) is 23.6 Å². The standard InChI is InChI=1S/C20H25N3O2/c1-3-14-7-5-8-15(4-2)19(14)23-18-11-10-16(13-21-18)22-20(24)17-9-6-12-25-17/h5,7-8,10-11,13,17H,3-4,6,9,12H2,1-2H3,(H,21,23)(H,22,24). The molecule has 1 atom stereocenters. The highest BCUT2D eigenvalue weighted by Gasteiger charge is 2.23. The van der Waals surface area contributed by atoms with Crippen molar-refractivity contribution >= 4 is 23.1 Å². The minimum Gasteiger partial charge on any atom is -0.368 e. The number of carbonyl (C=O) groups excluding carboxylic acids is 1. The fraction of sp³-hybridized carbons (Fsp3) is 0.400. The highest BCUT2D eigenvalue weighted by atomic mass is 16.5. The molecule has 2 N–H and O–H groups in total. The molecule has 1 aromatic heterocycles. The lowest BCUT2D eigenvalue weighted by atomic mass is 10.0. The Morgan fingerprint density at radius 2 is 1.96 bits per heavy atom. The van der Waals surface area contributed by atoms with Crippen molar-refractivity contribution < 1.29 is 9.53 Å². The van der Waals surface area contributed by atoms with E-state index in [1.165, 1.54) is 11.1 Å². The van der Waals surface area contributed by atoms with Gasteiger partial charge in [-0.2, -0.15) is 0 Å². The van der Waals surface area contributed by atoms with E-state index in [1.54, 1.807) is 6.20 Å². The highest BCUT2D eigenvalue weighted by molar-refractivity contribution is 5.94. The van der Waals surface area contributed by atoms with Gasteiger partial charge in [-0.1, -0.05) is 32.0 Å². The van der Waals surface area contributed by atoms with Crippen molar-refractivity contribution in [2.24, 2.45) is 0 Å². The fourth-order valence-corrected chi connectivity index (χ4v) is 3.08. The van der Waals surface area contributed by atoms with Crippen LogP contribution in [0.2, 0.25) is 0 Å². The Bertz CT molecular complexity index is 700. The lowest BCUT2D eigenvalue weighted by Crippen LogP contribution is -2.26. The minimum absolute atomic E-state index is 0.0930. The summed E-state index contributed by atoms with van der Waals surface area (Å²) in [7, 11) is 0. The number of ether oxygens (including phenoxy) is 1. The zero-order valence-corrected chi connectivity index (χ0v) is 14.8. The molecular weight excluding hydrogens is 314 g/mol. The van der Waals surface area contributed by atoms with Gasteiger partial charge >= 0.3 is 0 Å². The molecule has 1 aliphatic heterocycles. The van der Waals surface area contributed by atoms with E-state index < -0.39 is 0 Å². The zero-order valence-electron chi connectivity index (χ0n) is 14.8. The molecule has 132 valence electrons. The van der Waals surface area contributed by atoms with Gasteiger partial charge in [0.1, 0.15) is 11.9 Å². The van der Waals surface area contributed by atoms with Gasteiger partial charge in [-0.3, -0.25) is 4.79 Å². The van der Waals surface area contributed by atoms with Gasteiger partial charge in [0, 0.05) is 12.3 Å². The molecule has 1 saturated heterocycles. The van der Waals surface area contributed by atoms with Gasteiger partial charge in [-0.25, -0.2) is 4.98 Å². The van der Waals surface area contributed by atoms with Crippen LogP contribution in [0.25, 0.3) is 0 Å². The minimum atomic E-state index is -0.332. The summed E-state index contributed by atoms with van der Waals surface area (Å²) >= 11 is 0. The molecule has 1 amide bonds. The van der Waals surface area contributed by atoms with Gasteiger partial charge in [0.2, 0.25) is 0 Å². The van der Waals surface area contributed by atoms with Crippen molar-refractivity contribution in [3.05, 3.63) is 47.7 Å². The van der Waals surface area contributed by atoms with E-state index in [1.807, 2.05) is 12.1 Å². The van der Waals surface area contributed by atoms with Crippen LogP contribution in [0.4, 0.5) is 17.2 Å². The number of anilines is 3.